The van der Waals surface area contributed by atoms with Gasteiger partial charge in [-0.15, -0.1) is 69.1 Å². The van der Waals surface area contributed by atoms with Crippen LogP contribution in [0.3, 0.4) is 0 Å². The molecule has 0 radical (unpaired) electrons. The fraction of sp³-hybridized carbons (Fsp3) is 0.348. The fourth-order valence-corrected chi connectivity index (χ4v) is 7.09. The summed E-state index contributed by atoms with van der Waals surface area (Å²) in [6.45, 7) is 15.8. The van der Waals surface area contributed by atoms with Crippen molar-refractivity contribution in [2.75, 3.05) is 0 Å². The summed E-state index contributed by atoms with van der Waals surface area (Å²) in [6, 6.07) is 41.0. The van der Waals surface area contributed by atoms with E-state index in [2.05, 4.69) is 157 Å². The average Bonchev–Trinajstić information content (AvgIpc) is 3.71. The predicted octanol–water partition coefficient (Wildman–Crippen LogP) is 8.24. The SMILES string of the molecule is CC(C)c1ccc(-c2cccc3[cH-]c(C4CCCCC4)cc23)cc1.CCC(C)c1ccc(-c2cccc3[cH-]c(C)cc23)cc1.C[Si](C)=[Zr+2].[Cl-].[Cl-]. The van der Waals surface area contributed by atoms with E-state index < -0.39 is 0 Å². The first kappa shape index (κ1) is 42.2. The van der Waals surface area contributed by atoms with Crippen molar-refractivity contribution < 1.29 is 48.1 Å². The predicted molar refractivity (Wildman–Crippen MR) is 211 cm³/mol. The van der Waals surface area contributed by atoms with Gasteiger partial charge in [-0.05, 0) is 59.3 Å². The molecule has 6 aromatic rings. The first-order valence-electron chi connectivity index (χ1n) is 18.2. The molecular formula is C46H54Cl2SiZr-2. The summed E-state index contributed by atoms with van der Waals surface area (Å²) >= 11 is 1.74. The maximum Gasteiger partial charge on any atom is -1.00 e. The number of rotatable bonds is 6. The van der Waals surface area contributed by atoms with Crippen LogP contribution in [-0.4, -0.2) is 5.43 Å². The van der Waals surface area contributed by atoms with Crippen molar-refractivity contribution in [1.29, 1.82) is 0 Å². The minimum atomic E-state index is 0. The molecule has 50 heavy (non-hydrogen) atoms. The van der Waals surface area contributed by atoms with Crippen LogP contribution in [0.4, 0.5) is 0 Å². The Morgan fingerprint density at radius 2 is 1.16 bits per heavy atom. The molecule has 1 atom stereocenters. The molecule has 1 saturated carbocycles. The maximum atomic E-state index is 2.47. The van der Waals surface area contributed by atoms with Gasteiger partial charge in [0, 0.05) is 0 Å². The van der Waals surface area contributed by atoms with E-state index in [1.165, 1.54) is 99.0 Å². The zero-order valence-corrected chi connectivity index (χ0v) is 36.1. The van der Waals surface area contributed by atoms with Crippen LogP contribution in [0.2, 0.25) is 13.1 Å². The van der Waals surface area contributed by atoms with Crippen LogP contribution >= 0.6 is 0 Å². The molecule has 1 aliphatic rings. The van der Waals surface area contributed by atoms with Crippen molar-refractivity contribution in [3.05, 3.63) is 131 Å². The van der Waals surface area contributed by atoms with Gasteiger partial charge >= 0.3 is 41.9 Å². The van der Waals surface area contributed by atoms with Crippen molar-refractivity contribution in [3.8, 4) is 22.3 Å². The second kappa shape index (κ2) is 20.1. The quantitative estimate of drug-likeness (QED) is 0.118. The molecule has 7 rings (SSSR count). The van der Waals surface area contributed by atoms with Gasteiger partial charge in [0.05, 0.1) is 0 Å². The van der Waals surface area contributed by atoms with E-state index in [0.29, 0.717) is 11.8 Å². The summed E-state index contributed by atoms with van der Waals surface area (Å²) in [6.07, 6.45) is 8.15. The molecule has 0 heterocycles. The van der Waals surface area contributed by atoms with Gasteiger partial charge < -0.3 is 24.8 Å². The minimum Gasteiger partial charge on any atom is -1.00 e. The molecule has 1 unspecified atom stereocenters. The molecule has 0 saturated heterocycles. The van der Waals surface area contributed by atoms with Crippen molar-refractivity contribution in [1.82, 2.24) is 0 Å². The zero-order chi connectivity index (χ0) is 34.2. The number of hydrogen-bond acceptors (Lipinski definition) is 0. The van der Waals surface area contributed by atoms with Gasteiger partial charge in [-0.2, -0.15) is 12.1 Å². The van der Waals surface area contributed by atoms with Crippen molar-refractivity contribution in [2.24, 2.45) is 0 Å². The van der Waals surface area contributed by atoms with Crippen LogP contribution in [0.25, 0.3) is 43.8 Å². The molecule has 0 amide bonds. The first-order chi connectivity index (χ1) is 23.1. The molecule has 0 aromatic heterocycles. The summed E-state index contributed by atoms with van der Waals surface area (Å²) in [5.41, 5.74) is 11.3. The maximum absolute atomic E-state index is 2.47. The summed E-state index contributed by atoms with van der Waals surface area (Å²) in [5.74, 6) is 2.01. The van der Waals surface area contributed by atoms with E-state index in [1.54, 1.807) is 28.9 Å². The third kappa shape index (κ3) is 10.9. The van der Waals surface area contributed by atoms with Crippen LogP contribution in [0, 0.1) is 6.92 Å². The van der Waals surface area contributed by atoms with Crippen LogP contribution < -0.4 is 24.8 Å². The topological polar surface area (TPSA) is 0 Å². The second-order valence-electron chi connectivity index (χ2n) is 14.5. The Bertz CT molecular complexity index is 1920. The molecule has 0 spiro atoms. The van der Waals surface area contributed by atoms with Crippen LogP contribution in [0.15, 0.2) is 109 Å². The Hall–Kier alpha value is -2.22. The largest absolute Gasteiger partial charge is 1.00 e. The van der Waals surface area contributed by atoms with E-state index in [-0.39, 0.29) is 30.2 Å². The van der Waals surface area contributed by atoms with Gasteiger partial charge in [0.1, 0.15) is 0 Å². The second-order valence-corrected chi connectivity index (χ2v) is 23.9. The smallest absolute Gasteiger partial charge is 1.00 e. The summed E-state index contributed by atoms with van der Waals surface area (Å²) in [5, 5.41) is 5.53. The van der Waals surface area contributed by atoms with Gasteiger partial charge in [0.25, 0.3) is 0 Å². The first-order valence-corrected chi connectivity index (χ1v) is 24.4. The Morgan fingerprint density at radius 3 is 1.66 bits per heavy atom. The van der Waals surface area contributed by atoms with Crippen LogP contribution in [0.1, 0.15) is 106 Å². The van der Waals surface area contributed by atoms with Gasteiger partial charge in [0.15, 0.2) is 0 Å². The van der Waals surface area contributed by atoms with Crippen LogP contribution in [0.5, 0.6) is 0 Å². The molecule has 4 heteroatoms. The van der Waals surface area contributed by atoms with Gasteiger partial charge in [0.2, 0.25) is 0 Å². The third-order valence-electron chi connectivity index (χ3n) is 10.0. The zero-order valence-electron chi connectivity index (χ0n) is 31.1. The molecule has 0 nitrogen and oxygen atoms in total. The number of aryl methyl sites for hydroxylation is 1. The molecule has 6 aromatic carbocycles. The molecule has 1 aliphatic carbocycles. The number of hydrogen-bond donors (Lipinski definition) is 0. The number of fused-ring (bicyclic) bond motifs is 2. The fourth-order valence-electron chi connectivity index (χ4n) is 7.09. The number of halogens is 2. The Kier molecular flexibility index (Phi) is 17.0. The summed E-state index contributed by atoms with van der Waals surface area (Å²) < 4.78 is 0. The summed E-state index contributed by atoms with van der Waals surface area (Å²) in [7, 11) is 0. The van der Waals surface area contributed by atoms with Crippen molar-refractivity contribution in [3.63, 3.8) is 0 Å². The van der Waals surface area contributed by atoms with E-state index in [0.717, 1.165) is 5.92 Å². The van der Waals surface area contributed by atoms with Gasteiger partial charge in [-0.1, -0.05) is 126 Å². The molecule has 262 valence electrons. The molecule has 0 N–H and O–H groups in total. The molecule has 0 bridgehead atoms. The van der Waals surface area contributed by atoms with Crippen molar-refractivity contribution >= 4 is 27.0 Å². The van der Waals surface area contributed by atoms with E-state index >= 15 is 0 Å². The Morgan fingerprint density at radius 1 is 0.680 bits per heavy atom. The molecular weight excluding hydrogens is 743 g/mol. The van der Waals surface area contributed by atoms with Gasteiger partial charge in [-0.25, -0.2) is 0 Å². The number of benzene rings is 4. The van der Waals surface area contributed by atoms with Gasteiger partial charge in [-0.3, -0.25) is 0 Å². The van der Waals surface area contributed by atoms with E-state index in [9.17, 15) is 0 Å². The normalized spacial score (nSPS) is 13.4. The van der Waals surface area contributed by atoms with E-state index in [4.69, 9.17) is 0 Å². The Balaban J connectivity index is 0.000000239. The molecule has 0 aliphatic heterocycles. The Labute approximate surface area is 330 Å². The molecule has 1 fully saturated rings. The van der Waals surface area contributed by atoms with E-state index in [1.807, 2.05) is 0 Å². The third-order valence-corrected chi connectivity index (χ3v) is 10.0. The standard InChI is InChI=1S/C24H27.C20H21.C2H6Si.2ClH.Zr/c1-17(2)18-11-13-20(14-12-18)23-10-6-9-21-15-22(16-24(21)23)19-7-4-3-5-8-19;1-4-15(3)16-8-10-17(11-9-16)19-7-5-6-18-12-14(2)13-20(18)19;1-3-2;;;/h6,9-17,19H,3-5,7-8H2,1-2H3;5-13,15H,4H2,1-3H3;1-2H3;2*1H;/q2*-1;;;;+2/p-2. The minimum absolute atomic E-state index is 0. The average molecular weight is 797 g/mol. The monoisotopic (exact) mass is 794 g/mol. The van der Waals surface area contributed by atoms with Crippen molar-refractivity contribution in [2.45, 2.75) is 104 Å². The van der Waals surface area contributed by atoms with Crippen LogP contribution in [-0.2, 0) is 23.3 Å². The summed E-state index contributed by atoms with van der Waals surface area (Å²) in [4.78, 5) is 0.